The first-order valence-corrected chi connectivity index (χ1v) is 7.18. The summed E-state index contributed by atoms with van der Waals surface area (Å²) >= 11 is 0. The number of amides is 2. The lowest BCUT2D eigenvalue weighted by Crippen LogP contribution is -2.45. The van der Waals surface area contributed by atoms with E-state index in [2.05, 4.69) is 12.2 Å². The van der Waals surface area contributed by atoms with E-state index in [1.807, 2.05) is 24.3 Å². The van der Waals surface area contributed by atoms with E-state index in [0.29, 0.717) is 6.42 Å². The molecule has 21 heavy (non-hydrogen) atoms. The number of carboxylic acid groups (broad SMARTS) is 1. The number of carbonyl (C=O) groups is 2. The Morgan fingerprint density at radius 1 is 1.24 bits per heavy atom. The molecule has 5 heteroatoms. The lowest BCUT2D eigenvalue weighted by atomic mass is 9.88. The number of nitrogens with zero attached hydrogens (tertiary/aromatic N) is 1. The van der Waals surface area contributed by atoms with Crippen LogP contribution in [0.5, 0.6) is 0 Å². The minimum atomic E-state index is -0.942. The molecule has 0 saturated heterocycles. The second-order valence-corrected chi connectivity index (χ2v) is 5.46. The molecule has 0 aliphatic carbocycles. The van der Waals surface area contributed by atoms with Gasteiger partial charge in [0.05, 0.1) is 5.41 Å². The van der Waals surface area contributed by atoms with Crippen LogP contribution < -0.4 is 10.2 Å². The highest BCUT2D eigenvalue weighted by Crippen LogP contribution is 2.20. The van der Waals surface area contributed by atoms with Crippen molar-refractivity contribution in [3.8, 4) is 0 Å². The summed E-state index contributed by atoms with van der Waals surface area (Å²) in [6, 6.07) is 7.42. The van der Waals surface area contributed by atoms with Crippen molar-refractivity contribution in [3.05, 3.63) is 29.8 Å². The molecule has 1 atom stereocenters. The molecule has 0 saturated carbocycles. The smallest absolute Gasteiger partial charge is 0.321 e. The average Bonchev–Trinajstić information content (AvgIpc) is 2.51. The maximum absolute atomic E-state index is 12.1. The number of hydrogen-bond acceptors (Lipinski definition) is 2. The largest absolute Gasteiger partial charge is 0.481 e. The van der Waals surface area contributed by atoms with Crippen LogP contribution in [-0.4, -0.2) is 30.7 Å². The lowest BCUT2D eigenvalue weighted by molar-refractivity contribution is -0.147. The van der Waals surface area contributed by atoms with Crippen LogP contribution >= 0.6 is 0 Å². The van der Waals surface area contributed by atoms with E-state index in [-0.39, 0.29) is 12.6 Å². The minimum Gasteiger partial charge on any atom is -0.481 e. The topological polar surface area (TPSA) is 69.6 Å². The highest BCUT2D eigenvalue weighted by Gasteiger charge is 2.31. The number of carboxylic acids is 1. The van der Waals surface area contributed by atoms with Crippen LogP contribution in [0.15, 0.2) is 24.3 Å². The molecule has 1 aromatic rings. The first-order chi connectivity index (χ1) is 9.84. The molecule has 5 nitrogen and oxygen atoms in total. The molecule has 116 valence electrons. The summed E-state index contributed by atoms with van der Waals surface area (Å²) < 4.78 is 0. The van der Waals surface area contributed by atoms with Gasteiger partial charge in [-0.3, -0.25) is 9.69 Å². The van der Waals surface area contributed by atoms with Crippen LogP contribution in [0, 0.1) is 5.41 Å². The van der Waals surface area contributed by atoms with Crippen molar-refractivity contribution in [2.75, 3.05) is 18.5 Å². The van der Waals surface area contributed by atoms with Gasteiger partial charge >= 0.3 is 12.0 Å². The van der Waals surface area contributed by atoms with Gasteiger partial charge in [-0.15, -0.1) is 0 Å². The molecule has 1 aromatic carbocycles. The number of hydrogen-bond donors (Lipinski definition) is 2. The zero-order chi connectivity index (χ0) is 16.0. The van der Waals surface area contributed by atoms with Gasteiger partial charge in [-0.25, -0.2) is 4.79 Å². The van der Waals surface area contributed by atoms with Crippen LogP contribution in [0.25, 0.3) is 0 Å². The van der Waals surface area contributed by atoms with Crippen LogP contribution in [0.3, 0.4) is 0 Å². The number of benzene rings is 1. The first kappa shape index (κ1) is 17.0. The third-order valence-electron chi connectivity index (χ3n) is 3.96. The second-order valence-electron chi connectivity index (χ2n) is 5.46. The zero-order valence-electron chi connectivity index (χ0n) is 13.1. The maximum atomic E-state index is 12.1. The van der Waals surface area contributed by atoms with Crippen LogP contribution in [0.4, 0.5) is 10.5 Å². The fourth-order valence-corrected chi connectivity index (χ4v) is 1.81. The Hall–Kier alpha value is -2.04. The molecule has 1 rings (SSSR count). The molecule has 0 bridgehead atoms. The quantitative estimate of drug-likeness (QED) is 0.847. The van der Waals surface area contributed by atoms with Gasteiger partial charge in [-0.1, -0.05) is 26.0 Å². The van der Waals surface area contributed by atoms with Crippen molar-refractivity contribution in [2.24, 2.45) is 5.41 Å². The number of aliphatic carboxylic acids is 1. The van der Waals surface area contributed by atoms with Crippen molar-refractivity contribution in [2.45, 2.75) is 33.6 Å². The monoisotopic (exact) mass is 292 g/mol. The van der Waals surface area contributed by atoms with Crippen molar-refractivity contribution in [1.82, 2.24) is 5.32 Å². The van der Waals surface area contributed by atoms with E-state index in [0.717, 1.165) is 12.1 Å². The van der Waals surface area contributed by atoms with Gasteiger partial charge in [-0.2, -0.15) is 0 Å². The molecule has 0 spiro atoms. The molecular weight excluding hydrogens is 268 g/mol. The molecule has 0 fully saturated rings. The van der Waals surface area contributed by atoms with E-state index in [9.17, 15) is 14.7 Å². The number of nitrogens with one attached hydrogen (secondary N) is 1. The van der Waals surface area contributed by atoms with Crippen molar-refractivity contribution in [1.29, 1.82) is 0 Å². The SMILES string of the molecule is CCc1ccc(N(C)C(=O)NCC(C)(CC)C(=O)O)cc1. The minimum absolute atomic E-state index is 0.106. The summed E-state index contributed by atoms with van der Waals surface area (Å²) in [7, 11) is 1.67. The van der Waals surface area contributed by atoms with Crippen LogP contribution in [0.2, 0.25) is 0 Å². The van der Waals surface area contributed by atoms with Crippen LogP contribution in [-0.2, 0) is 11.2 Å². The summed E-state index contributed by atoms with van der Waals surface area (Å²) in [5.74, 6) is -0.903. The Kier molecular flexibility index (Phi) is 5.76. The Balaban J connectivity index is 2.68. The number of urea groups is 1. The Labute approximate surface area is 126 Å². The molecule has 0 aromatic heterocycles. The summed E-state index contributed by atoms with van der Waals surface area (Å²) in [5, 5.41) is 11.9. The van der Waals surface area contributed by atoms with Gasteiger partial charge < -0.3 is 10.4 Å². The normalized spacial score (nSPS) is 13.3. The highest BCUT2D eigenvalue weighted by molar-refractivity contribution is 5.91. The molecular formula is C16H24N2O3. The predicted molar refractivity (Wildman–Crippen MR) is 83.7 cm³/mol. The van der Waals surface area contributed by atoms with Crippen molar-refractivity contribution >= 4 is 17.7 Å². The Bertz CT molecular complexity index is 499. The van der Waals surface area contributed by atoms with E-state index in [1.165, 1.54) is 10.5 Å². The lowest BCUT2D eigenvalue weighted by Gasteiger charge is -2.25. The van der Waals surface area contributed by atoms with Crippen molar-refractivity contribution < 1.29 is 14.7 Å². The van der Waals surface area contributed by atoms with Gasteiger partial charge in [0.15, 0.2) is 0 Å². The van der Waals surface area contributed by atoms with E-state index in [1.54, 1.807) is 20.9 Å². The van der Waals surface area contributed by atoms with E-state index in [4.69, 9.17) is 0 Å². The fourth-order valence-electron chi connectivity index (χ4n) is 1.81. The van der Waals surface area contributed by atoms with E-state index < -0.39 is 11.4 Å². The fraction of sp³-hybridized carbons (Fsp3) is 0.500. The number of aryl methyl sites for hydroxylation is 1. The molecule has 1 unspecified atom stereocenters. The first-order valence-electron chi connectivity index (χ1n) is 7.18. The molecule has 0 aliphatic heterocycles. The van der Waals surface area contributed by atoms with Gasteiger partial charge in [0, 0.05) is 19.3 Å². The summed E-state index contributed by atoms with van der Waals surface area (Å²) in [6.45, 7) is 5.61. The third-order valence-corrected chi connectivity index (χ3v) is 3.96. The maximum Gasteiger partial charge on any atom is 0.321 e. The standard InChI is InChI=1S/C16H24N2O3/c1-5-12-7-9-13(10-8-12)18(4)15(21)17-11-16(3,6-2)14(19)20/h7-10H,5-6,11H2,1-4H3,(H,17,21)(H,19,20). The average molecular weight is 292 g/mol. The summed E-state index contributed by atoms with van der Waals surface area (Å²) in [5.41, 5.74) is 1.04. The Morgan fingerprint density at radius 2 is 1.81 bits per heavy atom. The highest BCUT2D eigenvalue weighted by atomic mass is 16.4. The molecule has 0 aliphatic rings. The van der Waals surface area contributed by atoms with Crippen LogP contribution in [0.1, 0.15) is 32.8 Å². The van der Waals surface area contributed by atoms with Gasteiger partial charge in [0.25, 0.3) is 0 Å². The molecule has 0 heterocycles. The predicted octanol–water partition coefficient (Wildman–Crippen LogP) is 2.90. The number of anilines is 1. The van der Waals surface area contributed by atoms with E-state index >= 15 is 0 Å². The number of carbonyl (C=O) groups excluding carboxylic acids is 1. The molecule has 2 N–H and O–H groups in total. The van der Waals surface area contributed by atoms with Gasteiger partial charge in [0.2, 0.25) is 0 Å². The second kappa shape index (κ2) is 7.11. The number of rotatable bonds is 6. The molecule has 2 amide bonds. The van der Waals surface area contributed by atoms with Crippen molar-refractivity contribution in [3.63, 3.8) is 0 Å². The summed E-state index contributed by atoms with van der Waals surface area (Å²) in [4.78, 5) is 24.8. The third kappa shape index (κ3) is 4.21. The molecule has 0 radical (unpaired) electrons. The summed E-state index contributed by atoms with van der Waals surface area (Å²) in [6.07, 6.45) is 1.40. The van der Waals surface area contributed by atoms with Gasteiger partial charge in [-0.05, 0) is 37.5 Å². The zero-order valence-corrected chi connectivity index (χ0v) is 13.1. The Morgan fingerprint density at radius 3 is 2.24 bits per heavy atom. The van der Waals surface area contributed by atoms with Gasteiger partial charge in [0.1, 0.15) is 0 Å².